The van der Waals surface area contributed by atoms with Crippen molar-refractivity contribution in [3.05, 3.63) is 54.0 Å². The minimum atomic E-state index is -1.17. The van der Waals surface area contributed by atoms with Gasteiger partial charge in [0.25, 0.3) is 0 Å². The molecular formula is C19H25BF2O3. The van der Waals surface area contributed by atoms with Crippen LogP contribution in [0.5, 0.6) is 0 Å². The molecule has 0 amide bonds. The fourth-order valence-electron chi connectivity index (χ4n) is 2.52. The summed E-state index contributed by atoms with van der Waals surface area (Å²) < 4.78 is 46.3. The number of hydrogen-bond donors (Lipinski definition) is 0. The van der Waals surface area contributed by atoms with Gasteiger partial charge in [0.1, 0.15) is 11.5 Å². The van der Waals surface area contributed by atoms with E-state index in [0.29, 0.717) is 6.61 Å². The molecule has 0 saturated carbocycles. The lowest BCUT2D eigenvalue weighted by Crippen LogP contribution is -2.41. The number of ether oxygens (including phenoxy) is 1. The molecule has 6 heteroatoms. The number of rotatable bonds is 7. The van der Waals surface area contributed by atoms with Gasteiger partial charge in [0.2, 0.25) is 0 Å². The molecular weight excluding hydrogens is 325 g/mol. The van der Waals surface area contributed by atoms with E-state index in [-0.39, 0.29) is 24.2 Å². The first-order valence-corrected chi connectivity index (χ1v) is 8.37. The normalized spacial score (nSPS) is 19.7. The Hall–Kier alpha value is -1.50. The standard InChI is InChI=1S/C19H25BF2O3/c1-6-12-23-13-11-15(14-9-7-8-10-16(14)21)17(22)20-24-18(2,3)19(4,5)25-20/h6-10H,1,11-13H2,2-5H3. The molecule has 1 aliphatic heterocycles. The quantitative estimate of drug-likeness (QED) is 0.404. The maximum Gasteiger partial charge on any atom is 0.525 e. The van der Waals surface area contributed by atoms with E-state index in [1.807, 2.05) is 27.7 Å². The summed E-state index contributed by atoms with van der Waals surface area (Å²) in [6.45, 7) is 11.5. The fourth-order valence-corrected chi connectivity index (χ4v) is 2.52. The second kappa shape index (κ2) is 7.81. The van der Waals surface area contributed by atoms with Crippen molar-refractivity contribution in [2.24, 2.45) is 0 Å². The summed E-state index contributed by atoms with van der Waals surface area (Å²) in [5.74, 6) is -0.493. The summed E-state index contributed by atoms with van der Waals surface area (Å²) in [6, 6.07) is 6.08. The number of hydrogen-bond acceptors (Lipinski definition) is 3. The molecule has 25 heavy (non-hydrogen) atoms. The highest BCUT2D eigenvalue weighted by Crippen LogP contribution is 2.40. The van der Waals surface area contributed by atoms with E-state index < -0.39 is 29.9 Å². The molecule has 1 saturated heterocycles. The largest absolute Gasteiger partial charge is 0.525 e. The van der Waals surface area contributed by atoms with Crippen molar-refractivity contribution >= 4 is 12.7 Å². The summed E-state index contributed by atoms with van der Waals surface area (Å²) in [7, 11) is -1.17. The smallest absolute Gasteiger partial charge is 0.398 e. The maximum atomic E-state index is 15.2. The van der Waals surface area contributed by atoms with Crippen LogP contribution in [0.3, 0.4) is 0 Å². The van der Waals surface area contributed by atoms with Gasteiger partial charge in [-0.05, 0) is 45.8 Å². The van der Waals surface area contributed by atoms with E-state index in [2.05, 4.69) is 6.58 Å². The van der Waals surface area contributed by atoms with Crippen LogP contribution in [0.15, 0.2) is 42.6 Å². The molecule has 0 unspecified atom stereocenters. The highest BCUT2D eigenvalue weighted by Gasteiger charge is 2.53. The molecule has 1 heterocycles. The van der Waals surface area contributed by atoms with E-state index in [9.17, 15) is 4.39 Å². The maximum absolute atomic E-state index is 15.2. The molecule has 2 rings (SSSR count). The summed E-state index contributed by atoms with van der Waals surface area (Å²) in [6.07, 6.45) is 1.81. The molecule has 0 aromatic heterocycles. The van der Waals surface area contributed by atoms with Gasteiger partial charge in [-0.15, -0.1) is 6.58 Å². The van der Waals surface area contributed by atoms with E-state index in [0.717, 1.165) is 0 Å². The summed E-state index contributed by atoms with van der Waals surface area (Å²) in [4.78, 5) is 0. The molecule has 0 atom stereocenters. The highest BCUT2D eigenvalue weighted by molar-refractivity contribution is 6.55. The first-order valence-electron chi connectivity index (χ1n) is 8.37. The number of benzene rings is 1. The Morgan fingerprint density at radius 3 is 2.36 bits per heavy atom. The third-order valence-electron chi connectivity index (χ3n) is 4.68. The highest BCUT2D eigenvalue weighted by atomic mass is 19.1. The van der Waals surface area contributed by atoms with Gasteiger partial charge in [-0.1, -0.05) is 24.3 Å². The zero-order valence-corrected chi connectivity index (χ0v) is 15.3. The summed E-state index contributed by atoms with van der Waals surface area (Å²) in [5, 5.41) is 0. The molecule has 1 aromatic rings. The van der Waals surface area contributed by atoms with Crippen molar-refractivity contribution in [1.82, 2.24) is 0 Å². The van der Waals surface area contributed by atoms with Gasteiger partial charge in [0.05, 0.1) is 24.4 Å². The zero-order chi connectivity index (χ0) is 18.7. The van der Waals surface area contributed by atoms with Gasteiger partial charge >= 0.3 is 7.12 Å². The Morgan fingerprint density at radius 2 is 1.80 bits per heavy atom. The minimum Gasteiger partial charge on any atom is -0.398 e. The molecule has 1 fully saturated rings. The summed E-state index contributed by atoms with van der Waals surface area (Å²) in [5.41, 5.74) is -1.58. The average Bonchev–Trinajstić information content (AvgIpc) is 2.76. The van der Waals surface area contributed by atoms with Crippen LogP contribution in [0.1, 0.15) is 39.7 Å². The predicted molar refractivity (Wildman–Crippen MR) is 96.1 cm³/mol. The van der Waals surface area contributed by atoms with Gasteiger partial charge < -0.3 is 14.0 Å². The predicted octanol–water partition coefficient (Wildman–Crippen LogP) is 4.73. The van der Waals surface area contributed by atoms with Crippen LogP contribution in [0.25, 0.3) is 5.57 Å². The van der Waals surface area contributed by atoms with E-state index >= 15 is 4.39 Å². The van der Waals surface area contributed by atoms with Crippen LogP contribution >= 0.6 is 0 Å². The van der Waals surface area contributed by atoms with Crippen molar-refractivity contribution in [3.63, 3.8) is 0 Å². The van der Waals surface area contributed by atoms with Crippen LogP contribution in [0.4, 0.5) is 8.78 Å². The molecule has 1 aliphatic rings. The molecule has 3 nitrogen and oxygen atoms in total. The van der Waals surface area contributed by atoms with Crippen molar-refractivity contribution in [2.45, 2.75) is 45.3 Å². The van der Waals surface area contributed by atoms with Crippen LogP contribution in [-0.4, -0.2) is 31.5 Å². The van der Waals surface area contributed by atoms with Crippen molar-refractivity contribution < 1.29 is 22.8 Å². The van der Waals surface area contributed by atoms with E-state index in [4.69, 9.17) is 14.0 Å². The lowest BCUT2D eigenvalue weighted by Gasteiger charge is -2.32. The van der Waals surface area contributed by atoms with E-state index in [1.54, 1.807) is 24.3 Å². The molecule has 0 N–H and O–H groups in total. The topological polar surface area (TPSA) is 27.7 Å². The van der Waals surface area contributed by atoms with Crippen molar-refractivity contribution in [3.8, 4) is 0 Å². The second-order valence-corrected chi connectivity index (χ2v) is 7.01. The molecule has 0 radical (unpaired) electrons. The zero-order valence-electron chi connectivity index (χ0n) is 15.3. The lowest BCUT2D eigenvalue weighted by molar-refractivity contribution is 0.00578. The van der Waals surface area contributed by atoms with E-state index in [1.165, 1.54) is 6.07 Å². The first-order chi connectivity index (χ1) is 11.7. The van der Waals surface area contributed by atoms with Crippen LogP contribution in [0, 0.1) is 5.82 Å². The fraction of sp³-hybridized carbons (Fsp3) is 0.474. The second-order valence-electron chi connectivity index (χ2n) is 7.01. The lowest BCUT2D eigenvalue weighted by atomic mass is 9.81. The van der Waals surface area contributed by atoms with Gasteiger partial charge in [0, 0.05) is 5.56 Å². The van der Waals surface area contributed by atoms with Crippen molar-refractivity contribution in [2.75, 3.05) is 13.2 Å². The number of halogens is 2. The third kappa shape index (κ3) is 4.38. The van der Waals surface area contributed by atoms with Gasteiger partial charge in [-0.2, -0.15) is 0 Å². The molecule has 0 bridgehead atoms. The molecule has 1 aromatic carbocycles. The van der Waals surface area contributed by atoms with Gasteiger partial charge in [-0.25, -0.2) is 8.78 Å². The monoisotopic (exact) mass is 350 g/mol. The average molecular weight is 350 g/mol. The van der Waals surface area contributed by atoms with Gasteiger partial charge in [0.15, 0.2) is 0 Å². The Bertz CT molecular complexity index is 640. The minimum absolute atomic E-state index is 0.192. The van der Waals surface area contributed by atoms with Crippen LogP contribution < -0.4 is 0 Å². The first kappa shape index (κ1) is 19.8. The Balaban J connectivity index is 2.34. The molecule has 0 spiro atoms. The van der Waals surface area contributed by atoms with Crippen LogP contribution in [0.2, 0.25) is 0 Å². The third-order valence-corrected chi connectivity index (χ3v) is 4.68. The Kier molecular flexibility index (Phi) is 6.19. The van der Waals surface area contributed by atoms with Gasteiger partial charge in [-0.3, -0.25) is 0 Å². The summed E-state index contributed by atoms with van der Waals surface area (Å²) >= 11 is 0. The molecule has 0 aliphatic carbocycles. The molecule has 136 valence electrons. The van der Waals surface area contributed by atoms with Crippen LogP contribution in [-0.2, 0) is 14.0 Å². The Morgan fingerprint density at radius 1 is 1.20 bits per heavy atom. The SMILES string of the molecule is C=CCOCCC(=C(F)B1OC(C)(C)C(C)(C)O1)c1ccccc1F. The Labute approximate surface area is 148 Å². The van der Waals surface area contributed by atoms with Crippen molar-refractivity contribution in [1.29, 1.82) is 0 Å².